The van der Waals surface area contributed by atoms with Crippen molar-refractivity contribution < 1.29 is 9.47 Å². The fourth-order valence-corrected chi connectivity index (χ4v) is 3.90. The number of hydrogen-bond donors (Lipinski definition) is 0. The molecule has 2 aromatic rings. The van der Waals surface area contributed by atoms with Crippen LogP contribution in [-0.2, 0) is 22.4 Å². The molecule has 0 radical (unpaired) electrons. The molecule has 0 saturated carbocycles. The smallest absolute Gasteiger partial charge is 0.174 e. The zero-order valence-electron chi connectivity index (χ0n) is 18.0. The minimum atomic E-state index is -0.580. The molecule has 148 valence electrons. The van der Waals surface area contributed by atoms with Gasteiger partial charge in [-0.15, -0.1) is 0 Å². The van der Waals surface area contributed by atoms with Crippen molar-refractivity contribution in [2.75, 3.05) is 13.2 Å². The molecule has 1 saturated heterocycles. The molecule has 0 N–H and O–H groups in total. The van der Waals surface area contributed by atoms with Gasteiger partial charge in [-0.1, -0.05) is 13.8 Å². The van der Waals surface area contributed by atoms with E-state index in [2.05, 4.69) is 58.0 Å². The summed E-state index contributed by atoms with van der Waals surface area (Å²) in [7, 11) is 0. The van der Waals surface area contributed by atoms with Crippen molar-refractivity contribution in [3.05, 3.63) is 52.1 Å². The molecule has 1 aromatic carbocycles. The maximum absolute atomic E-state index is 6.45. The third-order valence-corrected chi connectivity index (χ3v) is 6.36. The van der Waals surface area contributed by atoms with Gasteiger partial charge in [-0.3, -0.25) is 0 Å². The van der Waals surface area contributed by atoms with Crippen molar-refractivity contribution in [3.63, 3.8) is 0 Å². The van der Waals surface area contributed by atoms with Gasteiger partial charge >= 0.3 is 0 Å². The average Bonchev–Trinajstić information content (AvgIpc) is 3.16. The minimum absolute atomic E-state index is 0.0572. The molecule has 0 amide bonds. The monoisotopic (exact) mass is 370 g/mol. The van der Waals surface area contributed by atoms with Crippen LogP contribution in [0, 0.1) is 40.0 Å². The van der Waals surface area contributed by atoms with Crippen molar-refractivity contribution >= 4 is 0 Å². The minimum Gasteiger partial charge on any atom is -0.349 e. The maximum atomic E-state index is 6.45. The van der Waals surface area contributed by atoms with Crippen LogP contribution in [0.3, 0.4) is 0 Å². The average molecular weight is 371 g/mol. The SMILES string of the molecule is Cc1c(C)c(C)c(CC2(CCn3ccnc3)OCC(C)(C)CO2)c(C)c1C. The summed E-state index contributed by atoms with van der Waals surface area (Å²) in [6.07, 6.45) is 7.27. The summed E-state index contributed by atoms with van der Waals surface area (Å²) >= 11 is 0. The highest BCUT2D eigenvalue weighted by Crippen LogP contribution is 2.37. The maximum Gasteiger partial charge on any atom is 0.174 e. The van der Waals surface area contributed by atoms with Gasteiger partial charge in [0.1, 0.15) is 0 Å². The third-order valence-electron chi connectivity index (χ3n) is 6.36. The lowest BCUT2D eigenvalue weighted by atomic mass is 9.85. The van der Waals surface area contributed by atoms with Gasteiger partial charge in [-0.25, -0.2) is 4.98 Å². The van der Waals surface area contributed by atoms with Gasteiger partial charge in [0, 0.05) is 37.2 Å². The van der Waals surface area contributed by atoms with E-state index < -0.39 is 5.79 Å². The molecular weight excluding hydrogens is 336 g/mol. The summed E-state index contributed by atoms with van der Waals surface area (Å²) in [4.78, 5) is 4.16. The fraction of sp³-hybridized carbons (Fsp3) is 0.609. The number of aromatic nitrogens is 2. The van der Waals surface area contributed by atoms with Gasteiger partial charge in [0.25, 0.3) is 0 Å². The highest BCUT2D eigenvalue weighted by Gasteiger charge is 2.41. The second-order valence-corrected chi connectivity index (χ2v) is 8.98. The van der Waals surface area contributed by atoms with E-state index in [4.69, 9.17) is 9.47 Å². The molecule has 4 nitrogen and oxygen atoms in total. The first-order valence-corrected chi connectivity index (χ1v) is 9.94. The van der Waals surface area contributed by atoms with Crippen molar-refractivity contribution in [1.82, 2.24) is 9.55 Å². The Morgan fingerprint density at radius 1 is 0.926 bits per heavy atom. The van der Waals surface area contributed by atoms with Crippen LogP contribution in [0.2, 0.25) is 0 Å². The van der Waals surface area contributed by atoms with Crippen LogP contribution in [0.4, 0.5) is 0 Å². The van der Waals surface area contributed by atoms with E-state index in [1.54, 1.807) is 0 Å². The summed E-state index contributed by atoms with van der Waals surface area (Å²) in [5, 5.41) is 0. The van der Waals surface area contributed by atoms with Crippen molar-refractivity contribution in [2.45, 2.75) is 73.6 Å². The van der Waals surface area contributed by atoms with E-state index in [1.807, 2.05) is 18.7 Å². The molecule has 0 atom stereocenters. The highest BCUT2D eigenvalue weighted by molar-refractivity contribution is 5.49. The number of nitrogens with zero attached hydrogens (tertiary/aromatic N) is 2. The Morgan fingerprint density at radius 3 is 2.00 bits per heavy atom. The van der Waals surface area contributed by atoms with E-state index in [0.717, 1.165) is 32.6 Å². The summed E-state index contributed by atoms with van der Waals surface area (Å²) < 4.78 is 15.0. The summed E-state index contributed by atoms with van der Waals surface area (Å²) in [5.74, 6) is -0.580. The Hall–Kier alpha value is -1.65. The predicted octanol–water partition coefficient (Wildman–Crippen LogP) is 4.83. The lowest BCUT2D eigenvalue weighted by molar-refractivity contribution is -0.302. The topological polar surface area (TPSA) is 36.3 Å². The van der Waals surface area contributed by atoms with E-state index in [0.29, 0.717) is 0 Å². The van der Waals surface area contributed by atoms with Crippen LogP contribution in [0.5, 0.6) is 0 Å². The molecule has 27 heavy (non-hydrogen) atoms. The van der Waals surface area contributed by atoms with Crippen LogP contribution in [0.1, 0.15) is 53.6 Å². The number of imidazole rings is 1. The molecule has 1 aliphatic heterocycles. The molecule has 2 heterocycles. The molecular formula is C23H34N2O2. The van der Waals surface area contributed by atoms with E-state index in [9.17, 15) is 0 Å². The van der Waals surface area contributed by atoms with Gasteiger partial charge in [0.2, 0.25) is 0 Å². The van der Waals surface area contributed by atoms with Crippen molar-refractivity contribution in [2.24, 2.45) is 5.41 Å². The Bertz CT molecular complexity index is 767. The Kier molecular flexibility index (Phi) is 5.51. The number of rotatable bonds is 5. The molecule has 0 bridgehead atoms. The molecule has 0 unspecified atom stereocenters. The van der Waals surface area contributed by atoms with Gasteiger partial charge in [0.05, 0.1) is 19.5 Å². The normalized spacial score (nSPS) is 18.6. The van der Waals surface area contributed by atoms with Crippen molar-refractivity contribution in [3.8, 4) is 0 Å². The van der Waals surface area contributed by atoms with Crippen LogP contribution >= 0.6 is 0 Å². The first kappa shape index (κ1) is 20.1. The lowest BCUT2D eigenvalue weighted by Gasteiger charge is -2.44. The first-order chi connectivity index (χ1) is 12.6. The third kappa shape index (κ3) is 4.12. The largest absolute Gasteiger partial charge is 0.349 e. The zero-order chi connectivity index (χ0) is 19.8. The Balaban J connectivity index is 1.92. The second kappa shape index (κ2) is 7.40. The zero-order valence-corrected chi connectivity index (χ0v) is 18.0. The number of aryl methyl sites for hydroxylation is 1. The standard InChI is InChI=1S/C23H34N2O2/c1-16-17(2)19(4)21(20(5)18(16)3)12-23(8-10-25-11-9-24-15-25)26-13-22(6,7)14-27-23/h9,11,15H,8,10,12-14H2,1-7H3. The summed E-state index contributed by atoms with van der Waals surface area (Å²) in [5.41, 5.74) is 8.34. The molecule has 1 fully saturated rings. The van der Waals surface area contributed by atoms with Crippen LogP contribution in [0.25, 0.3) is 0 Å². The fourth-order valence-electron chi connectivity index (χ4n) is 3.90. The molecule has 1 aliphatic rings. The van der Waals surface area contributed by atoms with E-state index >= 15 is 0 Å². The molecule has 0 spiro atoms. The number of hydrogen-bond acceptors (Lipinski definition) is 3. The van der Waals surface area contributed by atoms with E-state index in [-0.39, 0.29) is 5.41 Å². The number of benzene rings is 1. The van der Waals surface area contributed by atoms with Crippen LogP contribution in [-0.4, -0.2) is 28.6 Å². The predicted molar refractivity (Wildman–Crippen MR) is 109 cm³/mol. The second-order valence-electron chi connectivity index (χ2n) is 8.98. The van der Waals surface area contributed by atoms with Gasteiger partial charge in [0.15, 0.2) is 5.79 Å². The van der Waals surface area contributed by atoms with Gasteiger partial charge < -0.3 is 14.0 Å². The first-order valence-electron chi connectivity index (χ1n) is 9.94. The van der Waals surface area contributed by atoms with Gasteiger partial charge in [-0.2, -0.15) is 0 Å². The van der Waals surface area contributed by atoms with Crippen LogP contribution in [0.15, 0.2) is 18.7 Å². The quantitative estimate of drug-likeness (QED) is 0.756. The van der Waals surface area contributed by atoms with Crippen molar-refractivity contribution in [1.29, 1.82) is 0 Å². The molecule has 4 heteroatoms. The van der Waals surface area contributed by atoms with Crippen LogP contribution < -0.4 is 0 Å². The Morgan fingerprint density at radius 2 is 1.48 bits per heavy atom. The Labute approximate surface area is 163 Å². The molecule has 1 aromatic heterocycles. The molecule has 3 rings (SSSR count). The molecule has 0 aliphatic carbocycles. The summed E-state index contributed by atoms with van der Waals surface area (Å²) in [6.45, 7) is 17.8. The highest BCUT2D eigenvalue weighted by atomic mass is 16.7. The van der Waals surface area contributed by atoms with Gasteiger partial charge in [-0.05, 0) is 68.0 Å². The van der Waals surface area contributed by atoms with E-state index in [1.165, 1.54) is 33.4 Å². The number of ether oxygens (including phenoxy) is 2. The summed E-state index contributed by atoms with van der Waals surface area (Å²) in [6, 6.07) is 0. The lowest BCUT2D eigenvalue weighted by Crippen LogP contribution is -2.49.